The van der Waals surface area contributed by atoms with E-state index in [2.05, 4.69) is 24.9 Å². The number of ether oxygens (including phenoxy) is 2. The van der Waals surface area contributed by atoms with Gasteiger partial charge in [-0.25, -0.2) is 9.97 Å². The molecule has 2 saturated heterocycles. The first-order valence-corrected chi connectivity index (χ1v) is 10.7. The molecule has 0 unspecified atom stereocenters. The Morgan fingerprint density at radius 1 is 1.03 bits per heavy atom. The molecule has 0 bridgehead atoms. The summed E-state index contributed by atoms with van der Waals surface area (Å²) in [7, 11) is 1.60. The van der Waals surface area contributed by atoms with Crippen LogP contribution in [0.2, 0.25) is 0 Å². The molecule has 0 amide bonds. The number of benzene rings is 1. The summed E-state index contributed by atoms with van der Waals surface area (Å²) in [4.78, 5) is 13.6. The van der Waals surface area contributed by atoms with Crippen molar-refractivity contribution in [3.63, 3.8) is 0 Å². The fourth-order valence-electron chi connectivity index (χ4n) is 4.03. The van der Waals surface area contributed by atoms with E-state index in [1.165, 1.54) is 56.3 Å². The second kappa shape index (κ2) is 10.0. The van der Waals surface area contributed by atoms with Gasteiger partial charge in [0.2, 0.25) is 5.95 Å². The van der Waals surface area contributed by atoms with Crippen LogP contribution in [0.1, 0.15) is 19.3 Å². The zero-order chi connectivity index (χ0) is 20.8. The average Bonchev–Trinajstić information content (AvgIpc) is 3.30. The molecule has 0 atom stereocenters. The molecular weight excluding hydrogens is 382 g/mol. The Bertz CT molecular complexity index is 931. The number of likely N-dealkylation sites (tertiary alicyclic amines) is 1. The van der Waals surface area contributed by atoms with Crippen LogP contribution in [-0.2, 0) is 4.74 Å². The summed E-state index contributed by atoms with van der Waals surface area (Å²) >= 11 is 0. The lowest BCUT2D eigenvalue weighted by molar-refractivity contribution is 0.0324. The van der Waals surface area contributed by atoms with Crippen molar-refractivity contribution in [2.24, 2.45) is 0 Å². The van der Waals surface area contributed by atoms with Crippen LogP contribution in [0.3, 0.4) is 0 Å². The van der Waals surface area contributed by atoms with E-state index in [1.54, 1.807) is 7.11 Å². The Balaban J connectivity index is 0.000000147. The average molecular weight is 414 g/mol. The lowest BCUT2D eigenvalue weighted by Gasteiger charge is -2.31. The topological polar surface area (TPSA) is 94.0 Å². The molecular formula is C21H31N7O2. The van der Waals surface area contributed by atoms with Crippen molar-refractivity contribution in [3.8, 4) is 5.75 Å². The van der Waals surface area contributed by atoms with Gasteiger partial charge in [0, 0.05) is 31.6 Å². The van der Waals surface area contributed by atoms with Crippen LogP contribution < -0.4 is 10.5 Å². The summed E-state index contributed by atoms with van der Waals surface area (Å²) in [5.74, 6) is 0.971. The normalized spacial score (nSPS) is 18.3. The Morgan fingerprint density at radius 3 is 2.50 bits per heavy atom. The zero-order valence-corrected chi connectivity index (χ0v) is 17.7. The number of anilines is 1. The Kier molecular flexibility index (Phi) is 6.93. The fourth-order valence-corrected chi connectivity index (χ4v) is 4.03. The molecule has 2 fully saturated rings. The number of nitrogens with zero attached hydrogens (tertiary/aromatic N) is 6. The number of hydrogen-bond acceptors (Lipinski definition) is 8. The van der Waals surface area contributed by atoms with E-state index >= 15 is 0 Å². The Labute approximate surface area is 176 Å². The van der Waals surface area contributed by atoms with E-state index in [1.807, 2.05) is 18.2 Å². The molecule has 2 aliphatic heterocycles. The molecule has 0 aliphatic carbocycles. The van der Waals surface area contributed by atoms with E-state index < -0.39 is 0 Å². The molecule has 9 nitrogen and oxygen atoms in total. The summed E-state index contributed by atoms with van der Waals surface area (Å²) in [5.41, 5.74) is 7.16. The monoisotopic (exact) mass is 413 g/mol. The van der Waals surface area contributed by atoms with Crippen molar-refractivity contribution >= 4 is 22.5 Å². The smallest absolute Gasteiger partial charge is 0.223 e. The first-order chi connectivity index (χ1) is 14.8. The highest BCUT2D eigenvalue weighted by atomic mass is 16.5. The van der Waals surface area contributed by atoms with Gasteiger partial charge in [-0.05, 0) is 38.1 Å². The van der Waals surface area contributed by atoms with E-state index in [-0.39, 0.29) is 0 Å². The van der Waals surface area contributed by atoms with Gasteiger partial charge >= 0.3 is 0 Å². The van der Waals surface area contributed by atoms with Crippen LogP contribution in [0.4, 0.5) is 5.95 Å². The van der Waals surface area contributed by atoms with Crippen molar-refractivity contribution in [1.82, 2.24) is 29.4 Å². The maximum Gasteiger partial charge on any atom is 0.223 e. The van der Waals surface area contributed by atoms with Crippen molar-refractivity contribution < 1.29 is 9.47 Å². The number of aromatic nitrogens is 4. The van der Waals surface area contributed by atoms with Gasteiger partial charge in [0.15, 0.2) is 5.65 Å². The minimum Gasteiger partial charge on any atom is -0.494 e. The third-order valence-corrected chi connectivity index (χ3v) is 5.74. The van der Waals surface area contributed by atoms with Gasteiger partial charge < -0.3 is 20.1 Å². The molecule has 0 spiro atoms. The molecule has 0 radical (unpaired) electrons. The van der Waals surface area contributed by atoms with Crippen molar-refractivity contribution in [2.45, 2.75) is 19.3 Å². The van der Waals surface area contributed by atoms with Gasteiger partial charge in [-0.15, -0.1) is 0 Å². The standard InChI is InChI=1S/C11H22N2O.C10H9N5O/c1-2-4-12(5-3-1)6-7-13-8-10-14-11-9-13;1-16-7-4-2-3-6-8(7)14-10(11)15-9(6)12-5-13-15/h1-11H2;2-5H,1H3,(H2,11,14). The number of piperidine rings is 1. The minimum atomic E-state index is 0.296. The van der Waals surface area contributed by atoms with E-state index in [9.17, 15) is 0 Å². The zero-order valence-electron chi connectivity index (χ0n) is 17.7. The number of methoxy groups -OCH3 is 1. The van der Waals surface area contributed by atoms with E-state index in [4.69, 9.17) is 15.2 Å². The number of para-hydroxylation sites is 1. The van der Waals surface area contributed by atoms with Crippen LogP contribution in [-0.4, -0.2) is 89.0 Å². The SMILES string of the molecule is C1CCN(CCN2CCOCC2)CC1.COc1cccc2c1nc(N)n1ncnc21. The summed E-state index contributed by atoms with van der Waals surface area (Å²) < 4.78 is 12.1. The van der Waals surface area contributed by atoms with E-state index in [0.29, 0.717) is 22.9 Å². The van der Waals surface area contributed by atoms with Gasteiger partial charge in [-0.2, -0.15) is 9.61 Å². The number of rotatable bonds is 4. The van der Waals surface area contributed by atoms with Crippen LogP contribution >= 0.6 is 0 Å². The number of hydrogen-bond donors (Lipinski definition) is 1. The maximum absolute atomic E-state index is 5.78. The molecule has 9 heteroatoms. The maximum atomic E-state index is 5.78. The number of morpholine rings is 1. The second-order valence-corrected chi connectivity index (χ2v) is 7.68. The van der Waals surface area contributed by atoms with Crippen LogP contribution in [0.25, 0.3) is 16.6 Å². The molecule has 2 aromatic heterocycles. The Morgan fingerprint density at radius 2 is 1.77 bits per heavy atom. The molecule has 30 heavy (non-hydrogen) atoms. The highest BCUT2D eigenvalue weighted by Gasteiger charge is 2.14. The largest absolute Gasteiger partial charge is 0.494 e. The third-order valence-electron chi connectivity index (χ3n) is 5.74. The van der Waals surface area contributed by atoms with Gasteiger partial charge in [-0.3, -0.25) is 4.90 Å². The summed E-state index contributed by atoms with van der Waals surface area (Å²) in [6.45, 7) is 9.28. The Hall–Kier alpha value is -2.49. The van der Waals surface area contributed by atoms with Crippen LogP contribution in [0, 0.1) is 0 Å². The van der Waals surface area contributed by atoms with Crippen molar-refractivity contribution in [2.75, 3.05) is 65.3 Å². The van der Waals surface area contributed by atoms with Crippen molar-refractivity contribution in [3.05, 3.63) is 24.5 Å². The second-order valence-electron chi connectivity index (χ2n) is 7.68. The van der Waals surface area contributed by atoms with Gasteiger partial charge in [0.1, 0.15) is 17.6 Å². The van der Waals surface area contributed by atoms with E-state index in [0.717, 1.165) is 31.7 Å². The molecule has 162 valence electrons. The molecule has 2 aliphatic rings. The highest BCUT2D eigenvalue weighted by Crippen LogP contribution is 2.26. The molecule has 2 N–H and O–H groups in total. The quantitative estimate of drug-likeness (QED) is 0.690. The van der Waals surface area contributed by atoms with Crippen LogP contribution in [0.15, 0.2) is 24.5 Å². The number of nitrogen functional groups attached to an aromatic ring is 1. The lowest BCUT2D eigenvalue weighted by Crippen LogP contribution is -2.42. The van der Waals surface area contributed by atoms with Gasteiger partial charge in [-0.1, -0.05) is 12.5 Å². The molecule has 1 aromatic carbocycles. The lowest BCUT2D eigenvalue weighted by atomic mass is 10.1. The molecule has 0 saturated carbocycles. The predicted octanol–water partition coefficient (Wildman–Crippen LogP) is 1.67. The summed E-state index contributed by atoms with van der Waals surface area (Å²) in [6.07, 6.45) is 5.70. The number of fused-ring (bicyclic) bond motifs is 3. The summed E-state index contributed by atoms with van der Waals surface area (Å²) in [6, 6.07) is 5.63. The predicted molar refractivity (Wildman–Crippen MR) is 117 cm³/mol. The van der Waals surface area contributed by atoms with Gasteiger partial charge in [0.25, 0.3) is 0 Å². The van der Waals surface area contributed by atoms with Gasteiger partial charge in [0.05, 0.1) is 20.3 Å². The first-order valence-electron chi connectivity index (χ1n) is 10.7. The summed E-state index contributed by atoms with van der Waals surface area (Å²) in [5, 5.41) is 4.87. The molecule has 4 heterocycles. The fraction of sp³-hybridized carbons (Fsp3) is 0.571. The molecule has 3 aromatic rings. The van der Waals surface area contributed by atoms with Crippen molar-refractivity contribution in [1.29, 1.82) is 0 Å². The number of nitrogens with two attached hydrogens (primary N) is 1. The van der Waals surface area contributed by atoms with Crippen LogP contribution in [0.5, 0.6) is 5.75 Å². The highest BCUT2D eigenvalue weighted by molar-refractivity contribution is 5.95. The first kappa shape index (κ1) is 20.8. The molecule has 5 rings (SSSR count). The minimum absolute atomic E-state index is 0.296. The third kappa shape index (κ3) is 4.80.